The second-order valence-electron chi connectivity index (χ2n) is 7.78. The Labute approximate surface area is 151 Å². The van der Waals surface area contributed by atoms with Crippen LogP contribution in [0.25, 0.3) is 0 Å². The van der Waals surface area contributed by atoms with Gasteiger partial charge in [0.25, 0.3) is 0 Å². The number of nitrogens with zero attached hydrogens (tertiary/aromatic N) is 1. The molecule has 0 radical (unpaired) electrons. The van der Waals surface area contributed by atoms with Gasteiger partial charge in [-0.2, -0.15) is 0 Å². The Bertz CT molecular complexity index is 585. The van der Waals surface area contributed by atoms with Crippen LogP contribution in [0.2, 0.25) is 0 Å². The molecule has 1 saturated heterocycles. The van der Waals surface area contributed by atoms with E-state index in [9.17, 15) is 9.59 Å². The van der Waals surface area contributed by atoms with Gasteiger partial charge in [0.15, 0.2) is 0 Å². The number of rotatable bonds is 5. The molecular formula is C21H30N2O2. The van der Waals surface area contributed by atoms with E-state index in [0.717, 1.165) is 45.3 Å². The van der Waals surface area contributed by atoms with Crippen LogP contribution in [0.3, 0.4) is 0 Å². The van der Waals surface area contributed by atoms with Crippen molar-refractivity contribution in [2.75, 3.05) is 19.6 Å². The first kappa shape index (κ1) is 18.0. The topological polar surface area (TPSA) is 49.4 Å². The lowest BCUT2D eigenvalue weighted by Gasteiger charge is -2.32. The number of nitrogens with one attached hydrogen (secondary N) is 1. The second-order valence-corrected chi connectivity index (χ2v) is 7.78. The Kier molecular flexibility index (Phi) is 5.77. The van der Waals surface area contributed by atoms with Crippen molar-refractivity contribution in [3.05, 3.63) is 35.9 Å². The summed E-state index contributed by atoms with van der Waals surface area (Å²) in [4.78, 5) is 25.7. The molecule has 1 aliphatic heterocycles. The SMILES string of the molecule is CC(=O)N1CCC(CC(=O)NCC2(c3ccccc3)CCCC2)CC1. The number of hydrogen-bond acceptors (Lipinski definition) is 2. The highest BCUT2D eigenvalue weighted by atomic mass is 16.2. The van der Waals surface area contributed by atoms with E-state index in [0.29, 0.717) is 12.3 Å². The molecule has 0 aromatic heterocycles. The van der Waals surface area contributed by atoms with Gasteiger partial charge in [-0.25, -0.2) is 0 Å². The molecule has 2 amide bonds. The normalized spacial score (nSPS) is 20.4. The van der Waals surface area contributed by atoms with Crippen LogP contribution in [0.5, 0.6) is 0 Å². The summed E-state index contributed by atoms with van der Waals surface area (Å²) < 4.78 is 0. The monoisotopic (exact) mass is 342 g/mol. The Morgan fingerprint density at radius 3 is 2.36 bits per heavy atom. The zero-order valence-electron chi connectivity index (χ0n) is 15.3. The lowest BCUT2D eigenvalue weighted by molar-refractivity contribution is -0.130. The first-order valence-corrected chi connectivity index (χ1v) is 9.67. The molecule has 136 valence electrons. The van der Waals surface area contributed by atoms with Crippen molar-refractivity contribution in [1.82, 2.24) is 10.2 Å². The van der Waals surface area contributed by atoms with Crippen LogP contribution in [0, 0.1) is 5.92 Å². The van der Waals surface area contributed by atoms with Gasteiger partial charge in [-0.1, -0.05) is 43.2 Å². The lowest BCUT2D eigenvalue weighted by atomic mass is 9.78. The molecule has 25 heavy (non-hydrogen) atoms. The van der Waals surface area contributed by atoms with E-state index in [4.69, 9.17) is 0 Å². The minimum absolute atomic E-state index is 0.120. The van der Waals surface area contributed by atoms with Gasteiger partial charge in [-0.3, -0.25) is 9.59 Å². The van der Waals surface area contributed by atoms with E-state index in [1.165, 1.54) is 18.4 Å². The van der Waals surface area contributed by atoms with E-state index in [-0.39, 0.29) is 17.2 Å². The van der Waals surface area contributed by atoms with Crippen LogP contribution in [0.1, 0.15) is 57.4 Å². The summed E-state index contributed by atoms with van der Waals surface area (Å²) in [7, 11) is 0. The number of amides is 2. The third kappa shape index (κ3) is 4.42. The Balaban J connectivity index is 1.50. The largest absolute Gasteiger partial charge is 0.355 e. The zero-order chi connectivity index (χ0) is 17.7. The van der Waals surface area contributed by atoms with Crippen molar-refractivity contribution in [2.24, 2.45) is 5.92 Å². The fraction of sp³-hybridized carbons (Fsp3) is 0.619. The number of piperidine rings is 1. The second kappa shape index (κ2) is 8.03. The molecule has 4 nitrogen and oxygen atoms in total. The van der Waals surface area contributed by atoms with Crippen LogP contribution < -0.4 is 5.32 Å². The summed E-state index contributed by atoms with van der Waals surface area (Å²) in [6.07, 6.45) is 7.29. The molecule has 2 aliphatic rings. The average molecular weight is 342 g/mol. The van der Waals surface area contributed by atoms with Crippen LogP contribution >= 0.6 is 0 Å². The lowest BCUT2D eigenvalue weighted by Crippen LogP contribution is -2.41. The van der Waals surface area contributed by atoms with Gasteiger partial charge < -0.3 is 10.2 Å². The van der Waals surface area contributed by atoms with Crippen molar-refractivity contribution >= 4 is 11.8 Å². The molecule has 3 rings (SSSR count). The number of hydrogen-bond donors (Lipinski definition) is 1. The molecule has 4 heteroatoms. The number of carbonyl (C=O) groups excluding carboxylic acids is 2. The maximum Gasteiger partial charge on any atom is 0.220 e. The molecule has 0 unspecified atom stereocenters. The smallest absolute Gasteiger partial charge is 0.220 e. The molecule has 0 spiro atoms. The fourth-order valence-corrected chi connectivity index (χ4v) is 4.47. The molecule has 1 aromatic rings. The minimum Gasteiger partial charge on any atom is -0.355 e. The fourth-order valence-electron chi connectivity index (χ4n) is 4.47. The number of likely N-dealkylation sites (tertiary alicyclic amines) is 1. The summed E-state index contributed by atoms with van der Waals surface area (Å²) in [5.41, 5.74) is 1.48. The van der Waals surface area contributed by atoms with Gasteiger partial charge in [0.05, 0.1) is 0 Å². The van der Waals surface area contributed by atoms with E-state index >= 15 is 0 Å². The first-order valence-electron chi connectivity index (χ1n) is 9.67. The van der Waals surface area contributed by atoms with Crippen molar-refractivity contribution in [2.45, 2.75) is 57.3 Å². The van der Waals surface area contributed by atoms with E-state index in [2.05, 4.69) is 35.6 Å². The molecular weight excluding hydrogens is 312 g/mol. The van der Waals surface area contributed by atoms with Gasteiger partial charge in [0.2, 0.25) is 11.8 Å². The zero-order valence-corrected chi connectivity index (χ0v) is 15.3. The standard InChI is InChI=1S/C21H30N2O2/c1-17(24)23-13-9-18(10-14-23)15-20(25)22-16-21(11-5-6-12-21)19-7-3-2-4-8-19/h2-4,7-8,18H,5-6,9-16H2,1H3,(H,22,25). The molecule has 1 aliphatic carbocycles. The molecule has 1 heterocycles. The highest BCUT2D eigenvalue weighted by molar-refractivity contribution is 5.76. The Hall–Kier alpha value is -1.84. The minimum atomic E-state index is 0.120. The molecule has 0 bridgehead atoms. The summed E-state index contributed by atoms with van der Waals surface area (Å²) in [5, 5.41) is 3.23. The summed E-state index contributed by atoms with van der Waals surface area (Å²) >= 11 is 0. The van der Waals surface area contributed by atoms with Crippen LogP contribution in [-0.4, -0.2) is 36.3 Å². The van der Waals surface area contributed by atoms with Crippen molar-refractivity contribution < 1.29 is 9.59 Å². The van der Waals surface area contributed by atoms with Crippen molar-refractivity contribution in [3.63, 3.8) is 0 Å². The molecule has 2 fully saturated rings. The van der Waals surface area contributed by atoms with Gasteiger partial charge in [0.1, 0.15) is 0 Å². The van der Waals surface area contributed by atoms with Crippen LogP contribution in [0.4, 0.5) is 0 Å². The third-order valence-corrected chi connectivity index (χ3v) is 6.10. The summed E-state index contributed by atoms with van der Waals surface area (Å²) in [6.45, 7) is 3.96. The highest BCUT2D eigenvalue weighted by Crippen LogP contribution is 2.40. The molecule has 1 aromatic carbocycles. The van der Waals surface area contributed by atoms with Crippen LogP contribution in [0.15, 0.2) is 30.3 Å². The van der Waals surface area contributed by atoms with Gasteiger partial charge in [-0.15, -0.1) is 0 Å². The van der Waals surface area contributed by atoms with E-state index in [1.807, 2.05) is 4.90 Å². The Morgan fingerprint density at radius 2 is 1.76 bits per heavy atom. The summed E-state index contributed by atoms with van der Waals surface area (Å²) in [5.74, 6) is 0.726. The maximum atomic E-state index is 12.5. The van der Waals surface area contributed by atoms with E-state index < -0.39 is 0 Å². The predicted molar refractivity (Wildman–Crippen MR) is 99.2 cm³/mol. The van der Waals surface area contributed by atoms with Crippen molar-refractivity contribution in [3.8, 4) is 0 Å². The number of benzene rings is 1. The maximum absolute atomic E-state index is 12.5. The first-order chi connectivity index (χ1) is 12.1. The summed E-state index contributed by atoms with van der Waals surface area (Å²) in [6, 6.07) is 10.7. The molecule has 0 atom stereocenters. The highest BCUT2D eigenvalue weighted by Gasteiger charge is 2.36. The van der Waals surface area contributed by atoms with E-state index in [1.54, 1.807) is 6.92 Å². The van der Waals surface area contributed by atoms with Gasteiger partial charge in [-0.05, 0) is 37.2 Å². The average Bonchev–Trinajstić information content (AvgIpc) is 3.11. The molecule has 1 N–H and O–H groups in total. The van der Waals surface area contributed by atoms with Gasteiger partial charge in [0, 0.05) is 38.4 Å². The molecule has 1 saturated carbocycles. The van der Waals surface area contributed by atoms with Crippen LogP contribution in [-0.2, 0) is 15.0 Å². The van der Waals surface area contributed by atoms with Crippen molar-refractivity contribution in [1.29, 1.82) is 0 Å². The third-order valence-electron chi connectivity index (χ3n) is 6.10. The van der Waals surface area contributed by atoms with Gasteiger partial charge >= 0.3 is 0 Å². The Morgan fingerprint density at radius 1 is 1.12 bits per heavy atom. The number of carbonyl (C=O) groups is 2. The predicted octanol–water partition coefficient (Wildman–Crippen LogP) is 3.26. The quantitative estimate of drug-likeness (QED) is 0.893.